The second-order valence-corrected chi connectivity index (χ2v) is 6.93. The van der Waals surface area contributed by atoms with Crippen molar-refractivity contribution in [2.45, 2.75) is 52.5 Å². The van der Waals surface area contributed by atoms with Gasteiger partial charge in [-0.3, -0.25) is 4.72 Å². The molecule has 1 heterocycles. The van der Waals surface area contributed by atoms with Crippen LogP contribution in [0.15, 0.2) is 11.4 Å². The van der Waals surface area contributed by atoms with Crippen LogP contribution in [0.3, 0.4) is 0 Å². The van der Waals surface area contributed by atoms with Crippen molar-refractivity contribution in [2.24, 2.45) is 11.8 Å². The fourth-order valence-corrected chi connectivity index (χ4v) is 3.68. The van der Waals surface area contributed by atoms with Gasteiger partial charge in [0.05, 0.1) is 11.6 Å². The van der Waals surface area contributed by atoms with Crippen LogP contribution in [0, 0.1) is 23.2 Å². The lowest BCUT2D eigenvalue weighted by Crippen LogP contribution is -2.18. The maximum atomic E-state index is 8.79. The van der Waals surface area contributed by atoms with Crippen LogP contribution in [0.2, 0.25) is 0 Å². The Balaban J connectivity index is 0.000000399. The lowest BCUT2D eigenvalue weighted by molar-refractivity contribution is 0.430. The second kappa shape index (κ2) is 8.63. The number of hydrogen-bond acceptors (Lipinski definition) is 4. The van der Waals surface area contributed by atoms with Crippen LogP contribution in [0.1, 0.15) is 62.9 Å². The van der Waals surface area contributed by atoms with Crippen LogP contribution in [0.5, 0.6) is 0 Å². The van der Waals surface area contributed by atoms with E-state index in [1.165, 1.54) is 30.6 Å². The molecular weight excluding hydrogens is 272 g/mol. The van der Waals surface area contributed by atoms with E-state index in [2.05, 4.69) is 44.4 Å². The molecule has 0 spiro atoms. The van der Waals surface area contributed by atoms with Gasteiger partial charge in [-0.05, 0) is 30.7 Å². The van der Waals surface area contributed by atoms with Gasteiger partial charge in [0.15, 0.2) is 0 Å². The topological polar surface area (TPSA) is 35.8 Å². The summed E-state index contributed by atoms with van der Waals surface area (Å²) in [6.45, 7) is 6.50. The summed E-state index contributed by atoms with van der Waals surface area (Å²) >= 11 is 5.87. The minimum atomic E-state index is 0.322. The molecule has 0 bridgehead atoms. The molecule has 1 aromatic heterocycles. The van der Waals surface area contributed by atoms with E-state index in [1.54, 1.807) is 11.3 Å². The SMILES string of the molecule is CC(C)C.N#Cc1csc(C(NS)C2CCCC2)c1. The number of nitrogens with one attached hydrogen (secondary N) is 1. The van der Waals surface area contributed by atoms with Gasteiger partial charge in [-0.15, -0.1) is 11.3 Å². The Morgan fingerprint density at radius 1 is 1.37 bits per heavy atom. The van der Waals surface area contributed by atoms with Crippen molar-refractivity contribution < 1.29 is 0 Å². The highest BCUT2D eigenvalue weighted by atomic mass is 32.1. The predicted octanol–water partition coefficient (Wildman–Crippen LogP) is 4.95. The number of nitriles is 1. The predicted molar refractivity (Wildman–Crippen MR) is 86.4 cm³/mol. The van der Waals surface area contributed by atoms with Gasteiger partial charge in [-0.2, -0.15) is 5.26 Å². The molecule has 1 aliphatic carbocycles. The zero-order chi connectivity index (χ0) is 14.3. The molecule has 1 N–H and O–H groups in total. The highest BCUT2D eigenvalue weighted by molar-refractivity contribution is 7.78. The Labute approximate surface area is 126 Å². The fraction of sp³-hybridized carbons (Fsp3) is 0.667. The van der Waals surface area contributed by atoms with E-state index in [0.717, 1.165) is 11.5 Å². The van der Waals surface area contributed by atoms with Gasteiger partial charge in [0.25, 0.3) is 0 Å². The molecule has 0 saturated heterocycles. The molecule has 4 heteroatoms. The molecule has 106 valence electrons. The van der Waals surface area contributed by atoms with Crippen LogP contribution >= 0.6 is 24.2 Å². The summed E-state index contributed by atoms with van der Waals surface area (Å²) in [6.07, 6.45) is 5.20. The standard InChI is InChI=1S/C11H14N2S2.C4H10/c12-6-8-5-10(15-7-8)11(13-14)9-3-1-2-4-9;1-4(2)3/h5,7,9,11,13-14H,1-4H2;4H,1-3H3. The molecule has 0 aliphatic heterocycles. The molecular formula is C15H24N2S2. The highest BCUT2D eigenvalue weighted by Gasteiger charge is 2.26. The molecule has 1 saturated carbocycles. The summed E-state index contributed by atoms with van der Waals surface area (Å²) in [5.74, 6) is 1.52. The van der Waals surface area contributed by atoms with Crippen LogP contribution in [-0.2, 0) is 0 Å². The summed E-state index contributed by atoms with van der Waals surface area (Å²) in [4.78, 5) is 1.24. The maximum absolute atomic E-state index is 8.79. The monoisotopic (exact) mass is 296 g/mol. The van der Waals surface area contributed by atoms with Crippen LogP contribution in [0.25, 0.3) is 0 Å². The number of hydrogen-bond donors (Lipinski definition) is 2. The first-order valence-electron chi connectivity index (χ1n) is 6.96. The summed E-state index contributed by atoms with van der Waals surface area (Å²) < 4.78 is 3.09. The van der Waals surface area contributed by atoms with E-state index in [0.29, 0.717) is 12.0 Å². The van der Waals surface area contributed by atoms with Crippen LogP contribution in [-0.4, -0.2) is 0 Å². The van der Waals surface area contributed by atoms with Gasteiger partial charge in [0.1, 0.15) is 6.07 Å². The van der Waals surface area contributed by atoms with E-state index in [-0.39, 0.29) is 0 Å². The Hall–Kier alpha value is -0.500. The van der Waals surface area contributed by atoms with Crippen molar-refractivity contribution in [3.63, 3.8) is 0 Å². The third kappa shape index (κ3) is 5.56. The van der Waals surface area contributed by atoms with Crippen molar-refractivity contribution in [1.29, 1.82) is 5.26 Å². The fourth-order valence-electron chi connectivity index (χ4n) is 2.27. The van der Waals surface area contributed by atoms with E-state index in [4.69, 9.17) is 5.26 Å². The van der Waals surface area contributed by atoms with E-state index in [1.807, 2.05) is 11.4 Å². The smallest absolute Gasteiger partial charge is 0.100 e. The first kappa shape index (κ1) is 16.6. The van der Waals surface area contributed by atoms with Gasteiger partial charge in [-0.1, -0.05) is 46.4 Å². The molecule has 1 fully saturated rings. The third-order valence-corrected chi connectivity index (χ3v) is 4.36. The Morgan fingerprint density at radius 2 is 1.95 bits per heavy atom. The number of rotatable bonds is 3. The summed E-state index contributed by atoms with van der Waals surface area (Å²) in [5.41, 5.74) is 0.765. The maximum Gasteiger partial charge on any atom is 0.100 e. The van der Waals surface area contributed by atoms with Crippen molar-refractivity contribution in [2.75, 3.05) is 0 Å². The molecule has 1 aliphatic rings. The first-order valence-corrected chi connectivity index (χ1v) is 8.29. The second-order valence-electron chi connectivity index (χ2n) is 5.73. The van der Waals surface area contributed by atoms with Crippen molar-refractivity contribution in [3.8, 4) is 6.07 Å². The van der Waals surface area contributed by atoms with Crippen molar-refractivity contribution in [3.05, 3.63) is 21.9 Å². The average molecular weight is 297 g/mol. The van der Waals surface area contributed by atoms with Crippen molar-refractivity contribution in [1.82, 2.24) is 4.72 Å². The minimum Gasteiger partial charge on any atom is -0.258 e. The van der Waals surface area contributed by atoms with E-state index in [9.17, 15) is 0 Å². The molecule has 0 aromatic carbocycles. The zero-order valence-electron chi connectivity index (χ0n) is 12.0. The molecule has 0 radical (unpaired) electrons. The molecule has 1 aromatic rings. The van der Waals surface area contributed by atoms with Crippen molar-refractivity contribution >= 4 is 24.2 Å². The van der Waals surface area contributed by atoms with Gasteiger partial charge in [-0.25, -0.2) is 0 Å². The largest absolute Gasteiger partial charge is 0.258 e. The molecule has 1 unspecified atom stereocenters. The normalized spacial score (nSPS) is 16.8. The molecule has 2 rings (SSSR count). The average Bonchev–Trinajstić information content (AvgIpc) is 3.00. The summed E-state index contributed by atoms with van der Waals surface area (Å²) in [7, 11) is 0. The van der Waals surface area contributed by atoms with Crippen LogP contribution < -0.4 is 4.72 Å². The number of thiol groups is 1. The first-order chi connectivity index (χ1) is 9.08. The Kier molecular flexibility index (Phi) is 7.52. The van der Waals surface area contributed by atoms with Gasteiger partial charge < -0.3 is 0 Å². The number of nitrogens with zero attached hydrogens (tertiary/aromatic N) is 1. The van der Waals surface area contributed by atoms with E-state index < -0.39 is 0 Å². The minimum absolute atomic E-state index is 0.322. The van der Waals surface area contributed by atoms with Crippen LogP contribution in [0.4, 0.5) is 0 Å². The van der Waals surface area contributed by atoms with Gasteiger partial charge >= 0.3 is 0 Å². The molecule has 19 heavy (non-hydrogen) atoms. The third-order valence-electron chi connectivity index (χ3n) is 3.07. The molecule has 1 atom stereocenters. The summed E-state index contributed by atoms with van der Waals surface area (Å²) in [5, 5.41) is 10.7. The number of thiophene rings is 1. The summed E-state index contributed by atoms with van der Waals surface area (Å²) in [6, 6.07) is 4.48. The van der Waals surface area contributed by atoms with E-state index >= 15 is 0 Å². The quantitative estimate of drug-likeness (QED) is 0.774. The van der Waals surface area contributed by atoms with Gasteiger partial charge in [0.2, 0.25) is 0 Å². The Bertz CT molecular complexity index is 398. The highest BCUT2D eigenvalue weighted by Crippen LogP contribution is 2.38. The lowest BCUT2D eigenvalue weighted by Gasteiger charge is -2.20. The lowest BCUT2D eigenvalue weighted by atomic mass is 9.97. The van der Waals surface area contributed by atoms with Gasteiger partial charge in [0, 0.05) is 10.3 Å². The Morgan fingerprint density at radius 3 is 2.37 bits per heavy atom. The zero-order valence-corrected chi connectivity index (χ0v) is 13.7. The molecule has 2 nitrogen and oxygen atoms in total. The molecule has 0 amide bonds.